The minimum absolute atomic E-state index is 0.182. The Hall–Kier alpha value is -1.88. The summed E-state index contributed by atoms with van der Waals surface area (Å²) in [7, 11) is 1.36. The molecular weight excluding hydrogens is 220 g/mol. The van der Waals surface area contributed by atoms with Crippen molar-refractivity contribution in [2.24, 2.45) is 0 Å². The van der Waals surface area contributed by atoms with E-state index in [1.54, 1.807) is 12.1 Å². The van der Waals surface area contributed by atoms with E-state index in [4.69, 9.17) is 0 Å². The largest absolute Gasteiger partial charge is 0.352 e. The lowest BCUT2D eigenvalue weighted by atomic mass is 10.1. The Morgan fingerprint density at radius 1 is 1.35 bits per heavy atom. The van der Waals surface area contributed by atoms with E-state index in [2.05, 4.69) is 15.6 Å². The van der Waals surface area contributed by atoms with Crippen molar-refractivity contribution in [2.45, 2.75) is 13.3 Å². The minimum Gasteiger partial charge on any atom is -0.352 e. The molecule has 1 aromatic carbocycles. The van der Waals surface area contributed by atoms with E-state index < -0.39 is 0 Å². The Labute approximate surface area is 100 Å². The maximum Gasteiger partial charge on any atom is 0.251 e. The van der Waals surface area contributed by atoms with E-state index in [9.17, 15) is 9.59 Å². The molecule has 0 atom stereocenters. The number of nitrogens with one attached hydrogen (secondary N) is 2. The van der Waals surface area contributed by atoms with Gasteiger partial charge in [0.25, 0.3) is 5.91 Å². The highest BCUT2D eigenvalue weighted by atomic mass is 16.6. The van der Waals surface area contributed by atoms with Crippen molar-refractivity contribution in [3.63, 3.8) is 0 Å². The van der Waals surface area contributed by atoms with Crippen LogP contribution in [0.2, 0.25) is 0 Å². The maximum atomic E-state index is 11.7. The van der Waals surface area contributed by atoms with Crippen molar-refractivity contribution in [2.75, 3.05) is 13.7 Å². The van der Waals surface area contributed by atoms with Crippen molar-refractivity contribution in [1.82, 2.24) is 10.8 Å². The smallest absolute Gasteiger partial charge is 0.251 e. The summed E-state index contributed by atoms with van der Waals surface area (Å²) in [6.07, 6.45) is 0.186. The van der Waals surface area contributed by atoms with Crippen LogP contribution >= 0.6 is 0 Å². The molecule has 17 heavy (non-hydrogen) atoms. The van der Waals surface area contributed by atoms with E-state index >= 15 is 0 Å². The fraction of sp³-hybridized carbons (Fsp3) is 0.333. The van der Waals surface area contributed by atoms with E-state index in [1.165, 1.54) is 7.11 Å². The molecule has 1 rings (SSSR count). The third kappa shape index (κ3) is 4.65. The van der Waals surface area contributed by atoms with Crippen LogP contribution in [0.25, 0.3) is 0 Å². The first kappa shape index (κ1) is 13.2. The van der Waals surface area contributed by atoms with Crippen LogP contribution in [0.5, 0.6) is 0 Å². The van der Waals surface area contributed by atoms with Gasteiger partial charge in [-0.2, -0.15) is 0 Å². The van der Waals surface area contributed by atoms with Gasteiger partial charge in [0.15, 0.2) is 0 Å². The number of benzene rings is 1. The number of carbonyl (C=O) groups excluding carboxylic acids is 2. The Balaban J connectivity index is 2.38. The topological polar surface area (TPSA) is 67.4 Å². The Morgan fingerprint density at radius 3 is 2.76 bits per heavy atom. The fourth-order valence-corrected chi connectivity index (χ4v) is 1.34. The van der Waals surface area contributed by atoms with Crippen molar-refractivity contribution in [1.29, 1.82) is 0 Å². The quantitative estimate of drug-likeness (QED) is 0.743. The molecule has 0 unspecified atom stereocenters. The molecule has 0 saturated carbocycles. The first-order chi connectivity index (χ1) is 8.13. The summed E-state index contributed by atoms with van der Waals surface area (Å²) in [6, 6.07) is 7.27. The Kier molecular flexibility index (Phi) is 5.16. The molecule has 5 nitrogen and oxygen atoms in total. The number of aryl methyl sites for hydroxylation is 1. The SMILES string of the molecule is CONC(=O)CCNC(=O)c1cccc(C)c1. The molecular formula is C12H16N2O3. The molecule has 2 N–H and O–H groups in total. The van der Waals surface area contributed by atoms with Crippen LogP contribution in [0.4, 0.5) is 0 Å². The van der Waals surface area contributed by atoms with E-state index in [0.717, 1.165) is 5.56 Å². The molecule has 0 spiro atoms. The molecule has 0 radical (unpaired) electrons. The number of hydrogen-bond donors (Lipinski definition) is 2. The fourth-order valence-electron chi connectivity index (χ4n) is 1.34. The summed E-state index contributed by atoms with van der Waals surface area (Å²) >= 11 is 0. The second-order valence-corrected chi connectivity index (χ2v) is 3.60. The van der Waals surface area contributed by atoms with Crippen LogP contribution in [-0.4, -0.2) is 25.5 Å². The van der Waals surface area contributed by atoms with Crippen LogP contribution < -0.4 is 10.8 Å². The maximum absolute atomic E-state index is 11.7. The molecule has 92 valence electrons. The summed E-state index contributed by atoms with van der Waals surface area (Å²) in [5, 5.41) is 2.66. The predicted molar refractivity (Wildman–Crippen MR) is 63.3 cm³/mol. The number of rotatable bonds is 5. The van der Waals surface area contributed by atoms with Gasteiger partial charge in [-0.15, -0.1) is 0 Å². The highest BCUT2D eigenvalue weighted by Crippen LogP contribution is 2.03. The van der Waals surface area contributed by atoms with Crippen LogP contribution in [0, 0.1) is 6.92 Å². The zero-order chi connectivity index (χ0) is 12.7. The lowest BCUT2D eigenvalue weighted by molar-refractivity contribution is -0.131. The van der Waals surface area contributed by atoms with Gasteiger partial charge in [-0.25, -0.2) is 5.48 Å². The van der Waals surface area contributed by atoms with Gasteiger partial charge >= 0.3 is 0 Å². The molecule has 0 bridgehead atoms. The normalized spacial score (nSPS) is 9.76. The van der Waals surface area contributed by atoms with Crippen LogP contribution in [0.15, 0.2) is 24.3 Å². The van der Waals surface area contributed by atoms with Gasteiger partial charge < -0.3 is 5.32 Å². The number of carbonyl (C=O) groups is 2. The van der Waals surface area contributed by atoms with Crippen LogP contribution in [0.1, 0.15) is 22.3 Å². The third-order valence-corrected chi connectivity index (χ3v) is 2.13. The first-order valence-corrected chi connectivity index (χ1v) is 5.30. The van der Waals surface area contributed by atoms with Gasteiger partial charge in [0.1, 0.15) is 0 Å². The molecule has 2 amide bonds. The van der Waals surface area contributed by atoms with Gasteiger partial charge in [-0.3, -0.25) is 14.4 Å². The lowest BCUT2D eigenvalue weighted by Crippen LogP contribution is -2.30. The molecule has 0 aliphatic rings. The van der Waals surface area contributed by atoms with E-state index in [1.807, 2.05) is 19.1 Å². The molecule has 5 heteroatoms. The second-order valence-electron chi connectivity index (χ2n) is 3.60. The third-order valence-electron chi connectivity index (χ3n) is 2.13. The molecule has 0 heterocycles. The van der Waals surface area contributed by atoms with E-state index in [-0.39, 0.29) is 24.8 Å². The molecule has 0 fully saturated rings. The summed E-state index contributed by atoms with van der Waals surface area (Å²) in [6.45, 7) is 2.20. The zero-order valence-corrected chi connectivity index (χ0v) is 9.95. The summed E-state index contributed by atoms with van der Waals surface area (Å²) in [5.41, 5.74) is 3.80. The van der Waals surface area contributed by atoms with Gasteiger partial charge in [0.2, 0.25) is 5.91 Å². The van der Waals surface area contributed by atoms with Crippen molar-refractivity contribution < 1.29 is 14.4 Å². The highest BCUT2D eigenvalue weighted by Gasteiger charge is 2.06. The predicted octanol–water partition coefficient (Wildman–Crippen LogP) is 0.793. The standard InChI is InChI=1S/C12H16N2O3/c1-9-4-3-5-10(8-9)12(16)13-7-6-11(15)14-17-2/h3-5,8H,6-7H2,1-2H3,(H,13,16)(H,14,15). The average Bonchev–Trinajstić information content (AvgIpc) is 2.29. The van der Waals surface area contributed by atoms with Gasteiger partial charge in [0, 0.05) is 18.5 Å². The number of hydrogen-bond acceptors (Lipinski definition) is 3. The molecule has 0 aromatic heterocycles. The molecule has 0 aliphatic carbocycles. The average molecular weight is 236 g/mol. The van der Waals surface area contributed by atoms with Crippen molar-refractivity contribution in [3.8, 4) is 0 Å². The van der Waals surface area contributed by atoms with Crippen molar-refractivity contribution >= 4 is 11.8 Å². The summed E-state index contributed by atoms with van der Waals surface area (Å²) < 4.78 is 0. The van der Waals surface area contributed by atoms with Gasteiger partial charge in [-0.1, -0.05) is 17.7 Å². The summed E-state index contributed by atoms with van der Waals surface area (Å²) in [5.74, 6) is -0.448. The lowest BCUT2D eigenvalue weighted by Gasteiger charge is -2.05. The minimum atomic E-state index is -0.267. The molecule has 0 saturated heterocycles. The van der Waals surface area contributed by atoms with Gasteiger partial charge in [0.05, 0.1) is 7.11 Å². The first-order valence-electron chi connectivity index (χ1n) is 5.30. The summed E-state index contributed by atoms with van der Waals surface area (Å²) in [4.78, 5) is 27.1. The monoisotopic (exact) mass is 236 g/mol. The number of hydroxylamine groups is 1. The van der Waals surface area contributed by atoms with Crippen LogP contribution in [-0.2, 0) is 9.63 Å². The zero-order valence-electron chi connectivity index (χ0n) is 9.95. The Morgan fingerprint density at radius 2 is 2.12 bits per heavy atom. The van der Waals surface area contributed by atoms with Gasteiger partial charge in [-0.05, 0) is 19.1 Å². The molecule has 0 aliphatic heterocycles. The second kappa shape index (κ2) is 6.65. The molecule has 1 aromatic rings. The van der Waals surface area contributed by atoms with Crippen molar-refractivity contribution in [3.05, 3.63) is 35.4 Å². The van der Waals surface area contributed by atoms with E-state index in [0.29, 0.717) is 5.56 Å². The van der Waals surface area contributed by atoms with Crippen LogP contribution in [0.3, 0.4) is 0 Å². The number of amides is 2. The Bertz CT molecular complexity index is 404. The highest BCUT2D eigenvalue weighted by molar-refractivity contribution is 5.94.